The van der Waals surface area contributed by atoms with Crippen LogP contribution in [0.1, 0.15) is 13.8 Å². The Balaban J connectivity index is 4.63. The molecule has 0 N–H and O–H groups in total. The second kappa shape index (κ2) is 5.15. The maximum Gasteiger partial charge on any atom is 0.320 e. The lowest BCUT2D eigenvalue weighted by Crippen LogP contribution is -2.30. The van der Waals surface area contributed by atoms with E-state index < -0.39 is 8.32 Å². The summed E-state index contributed by atoms with van der Waals surface area (Å²) in [5.41, 5.74) is 0.697. The minimum absolute atomic E-state index is 0.178. The molecule has 0 saturated heterocycles. The minimum atomic E-state index is -1.78. The molecule has 14 heavy (non-hydrogen) atoms. The number of carbonyl (C=O) groups excluding carboxylic acids is 1. The highest BCUT2D eigenvalue weighted by atomic mass is 28.4. The first kappa shape index (κ1) is 13.2. The highest BCUT2D eigenvalue weighted by Crippen LogP contribution is 2.15. The van der Waals surface area contributed by atoms with E-state index in [1.807, 2.05) is 33.5 Å². The predicted molar refractivity (Wildman–Crippen MR) is 62.6 cm³/mol. The van der Waals surface area contributed by atoms with Crippen molar-refractivity contribution in [1.29, 1.82) is 0 Å². The van der Waals surface area contributed by atoms with Gasteiger partial charge in [-0.05, 0) is 25.6 Å². The standard InChI is InChI=1S/C11H20O2Si/c1-7-8-10(9(2)3)11(12)13-14(4,5)6/h7-9H,1H2,2-6H3/b10-8+. The Morgan fingerprint density at radius 3 is 2.14 bits per heavy atom. The average molecular weight is 212 g/mol. The van der Waals surface area contributed by atoms with Crippen LogP contribution in [0.3, 0.4) is 0 Å². The van der Waals surface area contributed by atoms with Crippen LogP contribution >= 0.6 is 0 Å². The minimum Gasteiger partial charge on any atom is -0.517 e. The third kappa shape index (κ3) is 5.02. The molecule has 0 aliphatic heterocycles. The Morgan fingerprint density at radius 1 is 1.36 bits per heavy atom. The maximum absolute atomic E-state index is 11.7. The molecule has 0 spiro atoms. The van der Waals surface area contributed by atoms with Crippen molar-refractivity contribution in [2.75, 3.05) is 0 Å². The van der Waals surface area contributed by atoms with Gasteiger partial charge >= 0.3 is 5.97 Å². The summed E-state index contributed by atoms with van der Waals surface area (Å²) < 4.78 is 5.40. The first-order valence-electron chi connectivity index (χ1n) is 4.84. The molecule has 0 radical (unpaired) electrons. The molecule has 0 aromatic heterocycles. The van der Waals surface area contributed by atoms with Crippen LogP contribution in [-0.4, -0.2) is 14.3 Å². The molecular weight excluding hydrogens is 192 g/mol. The number of hydrogen-bond donors (Lipinski definition) is 0. The maximum atomic E-state index is 11.7. The molecule has 3 heteroatoms. The summed E-state index contributed by atoms with van der Waals surface area (Å²) in [6.07, 6.45) is 3.36. The van der Waals surface area contributed by atoms with Gasteiger partial charge < -0.3 is 4.43 Å². The summed E-state index contributed by atoms with van der Waals surface area (Å²) >= 11 is 0. The van der Waals surface area contributed by atoms with Crippen LogP contribution in [-0.2, 0) is 9.22 Å². The third-order valence-electron chi connectivity index (χ3n) is 1.55. The van der Waals surface area contributed by atoms with Crippen LogP contribution in [0.2, 0.25) is 19.6 Å². The first-order chi connectivity index (χ1) is 6.28. The van der Waals surface area contributed by atoms with Crippen molar-refractivity contribution >= 4 is 14.3 Å². The Bertz CT molecular complexity index is 247. The second-order valence-electron chi connectivity index (χ2n) is 4.51. The normalized spacial score (nSPS) is 12.9. The van der Waals surface area contributed by atoms with E-state index in [9.17, 15) is 4.79 Å². The number of carbonyl (C=O) groups is 1. The lowest BCUT2D eigenvalue weighted by Gasteiger charge is -2.19. The van der Waals surface area contributed by atoms with E-state index in [4.69, 9.17) is 4.43 Å². The summed E-state index contributed by atoms with van der Waals surface area (Å²) in [4.78, 5) is 11.7. The Labute approximate surface area is 87.8 Å². The number of hydrogen-bond acceptors (Lipinski definition) is 2. The first-order valence-corrected chi connectivity index (χ1v) is 8.24. The van der Waals surface area contributed by atoms with Crippen molar-refractivity contribution in [3.05, 3.63) is 24.3 Å². The van der Waals surface area contributed by atoms with Gasteiger partial charge in [-0.15, -0.1) is 0 Å². The topological polar surface area (TPSA) is 26.3 Å². The molecule has 0 aromatic rings. The predicted octanol–water partition coefficient (Wildman–Crippen LogP) is 3.13. The Hall–Kier alpha value is -0.833. The largest absolute Gasteiger partial charge is 0.517 e. The van der Waals surface area contributed by atoms with Gasteiger partial charge in [-0.25, -0.2) is 4.79 Å². The molecule has 0 amide bonds. The van der Waals surface area contributed by atoms with E-state index in [1.165, 1.54) is 0 Å². The molecule has 0 atom stereocenters. The highest BCUT2D eigenvalue weighted by molar-refractivity contribution is 6.71. The highest BCUT2D eigenvalue weighted by Gasteiger charge is 2.23. The lowest BCUT2D eigenvalue weighted by molar-refractivity contribution is -0.131. The van der Waals surface area contributed by atoms with Crippen LogP contribution in [0.5, 0.6) is 0 Å². The molecule has 2 nitrogen and oxygen atoms in total. The van der Waals surface area contributed by atoms with E-state index >= 15 is 0 Å². The van der Waals surface area contributed by atoms with Gasteiger partial charge in [0.1, 0.15) is 0 Å². The van der Waals surface area contributed by atoms with Crippen molar-refractivity contribution < 1.29 is 9.22 Å². The fourth-order valence-electron chi connectivity index (χ4n) is 0.960. The molecule has 0 unspecified atom stereocenters. The summed E-state index contributed by atoms with van der Waals surface area (Å²) in [6, 6.07) is 0. The third-order valence-corrected chi connectivity index (χ3v) is 2.35. The van der Waals surface area contributed by atoms with Crippen molar-refractivity contribution in [2.45, 2.75) is 33.5 Å². The molecule has 0 bridgehead atoms. The van der Waals surface area contributed by atoms with Gasteiger partial charge in [-0.2, -0.15) is 0 Å². The van der Waals surface area contributed by atoms with Gasteiger partial charge in [0.25, 0.3) is 0 Å². The molecule has 0 heterocycles. The van der Waals surface area contributed by atoms with Crippen molar-refractivity contribution in [1.82, 2.24) is 0 Å². The average Bonchev–Trinajstić information content (AvgIpc) is 1.95. The molecule has 0 aromatic carbocycles. The summed E-state index contributed by atoms with van der Waals surface area (Å²) in [7, 11) is -1.78. The van der Waals surface area contributed by atoms with Gasteiger partial charge in [-0.3, -0.25) is 0 Å². The van der Waals surface area contributed by atoms with Gasteiger partial charge in [0.2, 0.25) is 8.32 Å². The van der Waals surface area contributed by atoms with Gasteiger partial charge in [-0.1, -0.05) is 32.6 Å². The van der Waals surface area contributed by atoms with E-state index in [0.717, 1.165) is 0 Å². The van der Waals surface area contributed by atoms with Crippen LogP contribution in [0.15, 0.2) is 24.3 Å². The zero-order chi connectivity index (χ0) is 11.4. The molecule has 0 rings (SSSR count). The lowest BCUT2D eigenvalue weighted by atomic mass is 10.0. The van der Waals surface area contributed by atoms with E-state index in [1.54, 1.807) is 12.2 Å². The van der Waals surface area contributed by atoms with Crippen molar-refractivity contribution in [2.24, 2.45) is 5.92 Å². The smallest absolute Gasteiger partial charge is 0.320 e. The molecule has 0 saturated carbocycles. The fourth-order valence-corrected chi connectivity index (χ4v) is 1.63. The van der Waals surface area contributed by atoms with Crippen molar-refractivity contribution in [3.63, 3.8) is 0 Å². The van der Waals surface area contributed by atoms with Gasteiger partial charge in [0.15, 0.2) is 0 Å². The summed E-state index contributed by atoms with van der Waals surface area (Å²) in [5, 5.41) is 0. The second-order valence-corrected chi connectivity index (χ2v) is 8.94. The van der Waals surface area contributed by atoms with E-state index in [0.29, 0.717) is 5.57 Å². The van der Waals surface area contributed by atoms with Crippen LogP contribution in [0.25, 0.3) is 0 Å². The zero-order valence-electron chi connectivity index (χ0n) is 9.76. The molecule has 0 aliphatic rings. The van der Waals surface area contributed by atoms with Crippen LogP contribution in [0, 0.1) is 5.92 Å². The van der Waals surface area contributed by atoms with Gasteiger partial charge in [0.05, 0.1) is 0 Å². The molecular formula is C11H20O2Si. The molecule has 0 fully saturated rings. The molecule has 80 valence electrons. The summed E-state index contributed by atoms with van der Waals surface area (Å²) in [6.45, 7) is 13.5. The number of allylic oxidation sites excluding steroid dienone is 2. The molecule has 0 aliphatic carbocycles. The van der Waals surface area contributed by atoms with Crippen LogP contribution < -0.4 is 0 Å². The zero-order valence-corrected chi connectivity index (χ0v) is 10.8. The quantitative estimate of drug-likeness (QED) is 0.406. The van der Waals surface area contributed by atoms with Crippen LogP contribution in [0.4, 0.5) is 0 Å². The van der Waals surface area contributed by atoms with E-state index in [2.05, 4.69) is 6.58 Å². The Kier molecular flexibility index (Phi) is 4.84. The van der Waals surface area contributed by atoms with Crippen molar-refractivity contribution in [3.8, 4) is 0 Å². The van der Waals surface area contributed by atoms with E-state index in [-0.39, 0.29) is 11.9 Å². The summed E-state index contributed by atoms with van der Waals surface area (Å²) in [5.74, 6) is -0.0177. The number of rotatable bonds is 4. The monoisotopic (exact) mass is 212 g/mol. The van der Waals surface area contributed by atoms with Gasteiger partial charge in [0, 0.05) is 5.57 Å². The Morgan fingerprint density at radius 2 is 1.86 bits per heavy atom. The fraction of sp³-hybridized carbons (Fsp3) is 0.545. The SMILES string of the molecule is C=C/C=C(/C(=O)O[Si](C)(C)C)C(C)C.